The number of hydrogen-bond donors (Lipinski definition) is 0. The van der Waals surface area contributed by atoms with Crippen LogP contribution in [0.3, 0.4) is 0 Å². The van der Waals surface area contributed by atoms with E-state index in [2.05, 4.69) is 51.9 Å². The van der Waals surface area contributed by atoms with Crippen LogP contribution in [0, 0.1) is 0 Å². The normalized spacial score (nSPS) is 21.3. The molecule has 3 heteroatoms. The Hall–Kier alpha value is -0.930. The molecule has 2 heterocycles. The fourth-order valence-corrected chi connectivity index (χ4v) is 2.53. The molecule has 0 amide bonds. The lowest BCUT2D eigenvalue weighted by molar-refractivity contribution is 0.193. The molecule has 0 radical (unpaired) electrons. The molecule has 1 saturated heterocycles. The van der Waals surface area contributed by atoms with Crippen LogP contribution >= 0.6 is 0 Å². The van der Waals surface area contributed by atoms with Crippen molar-refractivity contribution in [2.24, 2.45) is 0 Å². The fourth-order valence-electron chi connectivity index (χ4n) is 2.53. The van der Waals surface area contributed by atoms with Gasteiger partial charge < -0.3 is 9.64 Å². The topological polar surface area (TPSA) is 25.4 Å². The van der Waals surface area contributed by atoms with Gasteiger partial charge in [-0.2, -0.15) is 0 Å². The van der Waals surface area contributed by atoms with E-state index < -0.39 is 0 Å². The van der Waals surface area contributed by atoms with Gasteiger partial charge in [0.05, 0.1) is 12.3 Å². The molecule has 1 aliphatic rings. The Morgan fingerprint density at radius 1 is 1.26 bits per heavy atom. The first-order chi connectivity index (χ1) is 9.00. The van der Waals surface area contributed by atoms with Crippen molar-refractivity contribution in [3.63, 3.8) is 0 Å². The second kappa shape index (κ2) is 6.02. The summed E-state index contributed by atoms with van der Waals surface area (Å²) in [6, 6.07) is 4.80. The molecule has 2 rings (SSSR count). The van der Waals surface area contributed by atoms with E-state index in [1.807, 2.05) is 0 Å². The van der Waals surface area contributed by atoms with Crippen molar-refractivity contribution in [3.8, 4) is 0 Å². The molecule has 19 heavy (non-hydrogen) atoms. The Morgan fingerprint density at radius 2 is 2.00 bits per heavy atom. The number of aromatic nitrogens is 1. The van der Waals surface area contributed by atoms with Gasteiger partial charge in [0, 0.05) is 24.3 Å². The molecule has 0 aliphatic carbocycles. The quantitative estimate of drug-likeness (QED) is 0.832. The predicted octanol–water partition coefficient (Wildman–Crippen LogP) is 3.33. The van der Waals surface area contributed by atoms with E-state index in [1.165, 1.54) is 17.0 Å². The molecule has 1 fully saturated rings. The van der Waals surface area contributed by atoms with E-state index in [4.69, 9.17) is 9.72 Å². The van der Waals surface area contributed by atoms with Gasteiger partial charge in [0.15, 0.2) is 0 Å². The zero-order chi connectivity index (χ0) is 14.0. The summed E-state index contributed by atoms with van der Waals surface area (Å²) in [5.41, 5.74) is 3.79. The van der Waals surface area contributed by atoms with Crippen molar-refractivity contribution in [2.75, 3.05) is 27.3 Å². The molecule has 1 aromatic rings. The summed E-state index contributed by atoms with van der Waals surface area (Å²) >= 11 is 0. The molecule has 0 unspecified atom stereocenters. The second-order valence-corrected chi connectivity index (χ2v) is 6.07. The predicted molar refractivity (Wildman–Crippen MR) is 78.6 cm³/mol. The van der Waals surface area contributed by atoms with Crippen molar-refractivity contribution >= 4 is 0 Å². The van der Waals surface area contributed by atoms with Gasteiger partial charge in [-0.15, -0.1) is 0 Å². The summed E-state index contributed by atoms with van der Waals surface area (Å²) < 4.78 is 5.54. The van der Waals surface area contributed by atoms with Gasteiger partial charge in [0.1, 0.15) is 0 Å². The molecule has 0 N–H and O–H groups in total. The third kappa shape index (κ3) is 3.15. The number of ether oxygens (including phenoxy) is 1. The van der Waals surface area contributed by atoms with Crippen molar-refractivity contribution in [3.05, 3.63) is 29.1 Å². The number of pyridine rings is 1. The van der Waals surface area contributed by atoms with Gasteiger partial charge in [-0.05, 0) is 45.0 Å². The van der Waals surface area contributed by atoms with Crippen molar-refractivity contribution in [1.29, 1.82) is 0 Å². The van der Waals surface area contributed by atoms with Crippen LogP contribution in [0.15, 0.2) is 12.1 Å². The van der Waals surface area contributed by atoms with Gasteiger partial charge in [-0.3, -0.25) is 4.98 Å². The van der Waals surface area contributed by atoms with Gasteiger partial charge in [0.2, 0.25) is 0 Å². The first-order valence-corrected chi connectivity index (χ1v) is 7.25. The lowest BCUT2D eigenvalue weighted by atomic mass is 9.92. The van der Waals surface area contributed by atoms with E-state index >= 15 is 0 Å². The summed E-state index contributed by atoms with van der Waals surface area (Å²) in [5, 5.41) is 0. The molecule has 106 valence electrons. The standard InChI is InChI=1S/C16H26N2O/c1-11(2)15-7-6-14(13-8-9-19-10-13)16(17-15)12(3)18(4)5/h6-7,11-13H,8-10H2,1-5H3/t12-,13-/m1/s1. The maximum absolute atomic E-state index is 5.54. The van der Waals surface area contributed by atoms with Crippen LogP contribution in [0.2, 0.25) is 0 Å². The van der Waals surface area contributed by atoms with Crippen molar-refractivity contribution in [1.82, 2.24) is 9.88 Å². The molecule has 2 atom stereocenters. The SMILES string of the molecule is CC(C)c1ccc([C@@H]2CCOC2)c([C@@H](C)N(C)C)n1. The summed E-state index contributed by atoms with van der Waals surface area (Å²) in [5.74, 6) is 0.994. The first-order valence-electron chi connectivity index (χ1n) is 7.25. The molecule has 0 spiro atoms. The third-order valence-electron chi connectivity index (χ3n) is 4.11. The fraction of sp³-hybridized carbons (Fsp3) is 0.688. The highest BCUT2D eigenvalue weighted by Gasteiger charge is 2.25. The number of hydrogen-bond acceptors (Lipinski definition) is 3. The first kappa shape index (κ1) is 14.5. The Bertz CT molecular complexity index is 423. The maximum atomic E-state index is 5.54. The minimum atomic E-state index is 0.342. The average Bonchev–Trinajstić information content (AvgIpc) is 2.90. The van der Waals surface area contributed by atoms with Crippen LogP contribution in [0.4, 0.5) is 0 Å². The average molecular weight is 262 g/mol. The summed E-state index contributed by atoms with van der Waals surface area (Å²) in [7, 11) is 4.23. The van der Waals surface area contributed by atoms with Gasteiger partial charge >= 0.3 is 0 Å². The highest BCUT2D eigenvalue weighted by molar-refractivity contribution is 5.30. The largest absolute Gasteiger partial charge is 0.381 e. The molecule has 0 aromatic carbocycles. The van der Waals surface area contributed by atoms with Gasteiger partial charge in [-0.1, -0.05) is 19.9 Å². The minimum absolute atomic E-state index is 0.342. The second-order valence-electron chi connectivity index (χ2n) is 6.07. The smallest absolute Gasteiger partial charge is 0.0611 e. The summed E-state index contributed by atoms with van der Waals surface area (Å²) in [4.78, 5) is 7.17. The Balaban J connectivity index is 2.40. The van der Waals surface area contributed by atoms with Gasteiger partial charge in [-0.25, -0.2) is 0 Å². The van der Waals surface area contributed by atoms with Crippen molar-refractivity contribution < 1.29 is 4.74 Å². The molecule has 3 nitrogen and oxygen atoms in total. The molecular weight excluding hydrogens is 236 g/mol. The van der Waals surface area contributed by atoms with Crippen LogP contribution < -0.4 is 0 Å². The molecule has 0 saturated carbocycles. The maximum Gasteiger partial charge on any atom is 0.0611 e. The minimum Gasteiger partial charge on any atom is -0.381 e. The molecule has 1 aromatic heterocycles. The highest BCUT2D eigenvalue weighted by Crippen LogP contribution is 2.32. The zero-order valence-electron chi connectivity index (χ0n) is 12.8. The molecular formula is C16H26N2O. The number of rotatable bonds is 4. The third-order valence-corrected chi connectivity index (χ3v) is 4.11. The zero-order valence-corrected chi connectivity index (χ0v) is 12.8. The lowest BCUT2D eigenvalue weighted by Gasteiger charge is -2.25. The monoisotopic (exact) mass is 262 g/mol. The summed E-state index contributed by atoms with van der Waals surface area (Å²) in [6.45, 7) is 8.35. The van der Waals surface area contributed by atoms with E-state index in [1.54, 1.807) is 0 Å². The van der Waals surface area contributed by atoms with E-state index in [9.17, 15) is 0 Å². The summed E-state index contributed by atoms with van der Waals surface area (Å²) in [6.07, 6.45) is 1.12. The van der Waals surface area contributed by atoms with Crippen LogP contribution in [0.1, 0.15) is 62.0 Å². The molecule has 0 bridgehead atoms. The molecule has 1 aliphatic heterocycles. The van der Waals surface area contributed by atoms with Crippen molar-refractivity contribution in [2.45, 2.75) is 45.1 Å². The van der Waals surface area contributed by atoms with Crippen LogP contribution in [-0.4, -0.2) is 37.2 Å². The van der Waals surface area contributed by atoms with Crippen LogP contribution in [0.5, 0.6) is 0 Å². The highest BCUT2D eigenvalue weighted by atomic mass is 16.5. The lowest BCUT2D eigenvalue weighted by Crippen LogP contribution is -2.21. The van der Waals surface area contributed by atoms with E-state index in [0.717, 1.165) is 19.6 Å². The Labute approximate surface area is 117 Å². The Morgan fingerprint density at radius 3 is 2.53 bits per heavy atom. The Kier molecular flexibility index (Phi) is 4.58. The van der Waals surface area contributed by atoms with Crippen LogP contribution in [0.25, 0.3) is 0 Å². The number of nitrogens with zero attached hydrogens (tertiary/aromatic N) is 2. The van der Waals surface area contributed by atoms with Crippen LogP contribution in [-0.2, 0) is 4.74 Å². The van der Waals surface area contributed by atoms with E-state index in [-0.39, 0.29) is 0 Å². The van der Waals surface area contributed by atoms with E-state index in [0.29, 0.717) is 17.9 Å². The van der Waals surface area contributed by atoms with Gasteiger partial charge in [0.25, 0.3) is 0 Å².